The fraction of sp³-hybridized carbons (Fsp3) is 0.368. The third kappa shape index (κ3) is 3.88. The smallest absolute Gasteiger partial charge is 0.274 e. The Morgan fingerprint density at radius 3 is 2.58 bits per heavy atom. The second kappa shape index (κ2) is 7.22. The predicted molar refractivity (Wildman–Crippen MR) is 99.0 cm³/mol. The van der Waals surface area contributed by atoms with Gasteiger partial charge < -0.3 is 10.6 Å². The molecule has 2 aromatic rings. The van der Waals surface area contributed by atoms with Gasteiger partial charge in [0.25, 0.3) is 5.91 Å². The number of aromatic nitrogens is 1. The number of carbonyl (C=O) groups is 1. The number of anilines is 2. The van der Waals surface area contributed by atoms with Crippen LogP contribution in [0.4, 0.5) is 11.4 Å². The van der Waals surface area contributed by atoms with Crippen LogP contribution in [0.1, 0.15) is 47.3 Å². The van der Waals surface area contributed by atoms with Gasteiger partial charge in [-0.25, -0.2) is 4.98 Å². The number of aryl methyl sites for hydroxylation is 2. The summed E-state index contributed by atoms with van der Waals surface area (Å²) in [5, 5.41) is 6.87. The molecule has 24 heavy (non-hydrogen) atoms. The molecule has 1 fully saturated rings. The number of amides is 1. The van der Waals surface area contributed by atoms with Crippen molar-refractivity contribution in [1.82, 2.24) is 4.98 Å². The van der Waals surface area contributed by atoms with E-state index in [9.17, 15) is 4.79 Å². The van der Waals surface area contributed by atoms with Crippen LogP contribution in [-0.4, -0.2) is 16.9 Å². The summed E-state index contributed by atoms with van der Waals surface area (Å²) in [4.78, 5) is 16.7. The van der Waals surface area contributed by atoms with Gasteiger partial charge in [-0.2, -0.15) is 0 Å². The first kappa shape index (κ1) is 16.8. The van der Waals surface area contributed by atoms with Gasteiger partial charge in [-0.1, -0.05) is 30.5 Å². The third-order valence-corrected chi connectivity index (χ3v) is 4.69. The van der Waals surface area contributed by atoms with Gasteiger partial charge in [0.05, 0.1) is 22.6 Å². The van der Waals surface area contributed by atoms with E-state index >= 15 is 0 Å². The molecule has 1 amide bonds. The van der Waals surface area contributed by atoms with E-state index in [4.69, 9.17) is 11.6 Å². The molecule has 1 heterocycles. The first-order valence-corrected chi connectivity index (χ1v) is 8.71. The van der Waals surface area contributed by atoms with Crippen LogP contribution in [0, 0.1) is 13.8 Å². The molecule has 1 aromatic heterocycles. The van der Waals surface area contributed by atoms with Crippen LogP contribution >= 0.6 is 11.6 Å². The number of carbonyl (C=O) groups excluding carboxylic acids is 1. The molecule has 3 rings (SSSR count). The lowest BCUT2D eigenvalue weighted by molar-refractivity contribution is 0.102. The summed E-state index contributed by atoms with van der Waals surface area (Å²) >= 11 is 6.24. The minimum Gasteiger partial charge on any atom is -0.381 e. The molecule has 5 heteroatoms. The first-order chi connectivity index (χ1) is 11.5. The molecule has 1 aromatic carbocycles. The number of hydrogen-bond donors (Lipinski definition) is 2. The average molecular weight is 344 g/mol. The molecule has 0 spiro atoms. The van der Waals surface area contributed by atoms with Crippen molar-refractivity contribution < 1.29 is 4.79 Å². The Morgan fingerprint density at radius 2 is 1.96 bits per heavy atom. The van der Waals surface area contributed by atoms with Gasteiger partial charge in [0.2, 0.25) is 0 Å². The molecule has 0 bridgehead atoms. The molecule has 1 aliphatic rings. The highest BCUT2D eigenvalue weighted by molar-refractivity contribution is 6.34. The van der Waals surface area contributed by atoms with E-state index < -0.39 is 0 Å². The zero-order valence-electron chi connectivity index (χ0n) is 14.0. The van der Waals surface area contributed by atoms with E-state index in [-0.39, 0.29) is 5.91 Å². The molecule has 0 aliphatic heterocycles. The fourth-order valence-electron chi connectivity index (χ4n) is 3.17. The lowest BCUT2D eigenvalue weighted by Crippen LogP contribution is -2.17. The highest BCUT2D eigenvalue weighted by atomic mass is 35.5. The average Bonchev–Trinajstić information content (AvgIpc) is 3.04. The maximum absolute atomic E-state index is 12.4. The fourth-order valence-corrected chi connectivity index (χ4v) is 3.54. The standard InChI is InChI=1S/C19H22ClN3O/c1-12-9-13(2)18(16(20)10-12)23-19(24)17-8-7-15(11-21-17)22-14-5-3-4-6-14/h7-11,14,22H,3-6H2,1-2H3,(H,23,24). The van der Waals surface area contributed by atoms with Gasteiger partial charge in [0, 0.05) is 6.04 Å². The predicted octanol–water partition coefficient (Wildman–Crippen LogP) is 4.96. The van der Waals surface area contributed by atoms with Crippen molar-refractivity contribution in [3.8, 4) is 0 Å². The lowest BCUT2D eigenvalue weighted by Gasteiger charge is -2.14. The van der Waals surface area contributed by atoms with Crippen molar-refractivity contribution in [3.63, 3.8) is 0 Å². The first-order valence-electron chi connectivity index (χ1n) is 8.33. The van der Waals surface area contributed by atoms with Crippen LogP contribution < -0.4 is 10.6 Å². The second-order valence-electron chi connectivity index (χ2n) is 6.45. The summed E-state index contributed by atoms with van der Waals surface area (Å²) in [6.07, 6.45) is 6.68. The van der Waals surface area contributed by atoms with Gasteiger partial charge in [-0.3, -0.25) is 4.79 Å². The third-order valence-electron chi connectivity index (χ3n) is 4.39. The Bertz CT molecular complexity index is 714. The van der Waals surface area contributed by atoms with Gasteiger partial charge in [0.15, 0.2) is 0 Å². The molecular weight excluding hydrogens is 322 g/mol. The van der Waals surface area contributed by atoms with E-state index in [0.29, 0.717) is 22.4 Å². The van der Waals surface area contributed by atoms with Crippen LogP contribution in [0.15, 0.2) is 30.5 Å². The SMILES string of the molecule is Cc1cc(C)c(NC(=O)c2ccc(NC3CCCC3)cn2)c(Cl)c1. The number of benzene rings is 1. The largest absolute Gasteiger partial charge is 0.381 e. The topological polar surface area (TPSA) is 54.0 Å². The Balaban J connectivity index is 1.69. The van der Waals surface area contributed by atoms with Crippen molar-refractivity contribution in [1.29, 1.82) is 0 Å². The highest BCUT2D eigenvalue weighted by Crippen LogP contribution is 2.28. The van der Waals surface area contributed by atoms with Crippen molar-refractivity contribution in [2.45, 2.75) is 45.6 Å². The Labute approximate surface area is 147 Å². The van der Waals surface area contributed by atoms with E-state index in [0.717, 1.165) is 16.8 Å². The minimum atomic E-state index is -0.253. The normalized spacial score (nSPS) is 14.6. The van der Waals surface area contributed by atoms with Crippen LogP contribution in [-0.2, 0) is 0 Å². The summed E-state index contributed by atoms with van der Waals surface area (Å²) in [6.45, 7) is 3.90. The Hall–Kier alpha value is -2.07. The van der Waals surface area contributed by atoms with Crippen molar-refractivity contribution in [3.05, 3.63) is 52.3 Å². The summed E-state index contributed by atoms with van der Waals surface area (Å²) in [7, 11) is 0. The molecule has 2 N–H and O–H groups in total. The molecule has 1 aliphatic carbocycles. The van der Waals surface area contributed by atoms with Crippen molar-refractivity contribution in [2.24, 2.45) is 0 Å². The summed E-state index contributed by atoms with van der Waals surface area (Å²) < 4.78 is 0. The monoisotopic (exact) mass is 343 g/mol. The zero-order chi connectivity index (χ0) is 17.1. The van der Waals surface area contributed by atoms with E-state index in [1.807, 2.05) is 32.0 Å². The van der Waals surface area contributed by atoms with E-state index in [2.05, 4.69) is 15.6 Å². The second-order valence-corrected chi connectivity index (χ2v) is 6.86. The van der Waals surface area contributed by atoms with Gasteiger partial charge in [-0.05, 0) is 56.0 Å². The maximum atomic E-state index is 12.4. The number of nitrogens with zero attached hydrogens (tertiary/aromatic N) is 1. The van der Waals surface area contributed by atoms with Gasteiger partial charge in [0.1, 0.15) is 5.69 Å². The van der Waals surface area contributed by atoms with Crippen LogP contribution in [0.2, 0.25) is 5.02 Å². The van der Waals surface area contributed by atoms with E-state index in [1.165, 1.54) is 25.7 Å². The van der Waals surface area contributed by atoms with E-state index in [1.54, 1.807) is 12.3 Å². The molecule has 0 saturated heterocycles. The molecule has 0 atom stereocenters. The minimum absolute atomic E-state index is 0.253. The van der Waals surface area contributed by atoms with Crippen LogP contribution in [0.5, 0.6) is 0 Å². The van der Waals surface area contributed by atoms with Gasteiger partial charge >= 0.3 is 0 Å². The molecule has 0 unspecified atom stereocenters. The lowest BCUT2D eigenvalue weighted by atomic mass is 10.1. The van der Waals surface area contributed by atoms with Crippen LogP contribution in [0.3, 0.4) is 0 Å². The van der Waals surface area contributed by atoms with Gasteiger partial charge in [-0.15, -0.1) is 0 Å². The van der Waals surface area contributed by atoms with Crippen molar-refractivity contribution >= 4 is 28.9 Å². The Morgan fingerprint density at radius 1 is 1.21 bits per heavy atom. The summed E-state index contributed by atoms with van der Waals surface area (Å²) in [6, 6.07) is 8.00. The summed E-state index contributed by atoms with van der Waals surface area (Å²) in [5.74, 6) is -0.253. The maximum Gasteiger partial charge on any atom is 0.274 e. The van der Waals surface area contributed by atoms with Crippen LogP contribution in [0.25, 0.3) is 0 Å². The zero-order valence-corrected chi connectivity index (χ0v) is 14.8. The Kier molecular flexibility index (Phi) is 5.05. The highest BCUT2D eigenvalue weighted by Gasteiger charge is 2.16. The van der Waals surface area contributed by atoms with Crippen molar-refractivity contribution in [2.75, 3.05) is 10.6 Å². The molecular formula is C19H22ClN3O. The number of hydrogen-bond acceptors (Lipinski definition) is 3. The molecule has 1 saturated carbocycles. The molecule has 4 nitrogen and oxygen atoms in total. The molecule has 0 radical (unpaired) electrons. The number of pyridine rings is 1. The quantitative estimate of drug-likeness (QED) is 0.825. The molecule has 126 valence electrons. The number of halogens is 1. The number of rotatable bonds is 4. The number of nitrogens with one attached hydrogen (secondary N) is 2. The summed E-state index contributed by atoms with van der Waals surface area (Å²) in [5.41, 5.74) is 3.98.